The number of halogens is 2. The molecule has 3 fully saturated rings. The number of unbranched alkanes of at least 4 members (excludes halogenated alkanes) is 3. The normalized spacial score (nSPS) is 18.1. The number of imide groups is 1. The Balaban J connectivity index is 0.753. The predicted octanol–water partition coefficient (Wildman–Crippen LogP) is 4.97. The molecule has 17 nitrogen and oxygen atoms in total. The number of aromatic nitrogens is 3. The van der Waals surface area contributed by atoms with Gasteiger partial charge in [-0.15, -0.1) is 0 Å². The van der Waals surface area contributed by atoms with Crippen molar-refractivity contribution < 1.29 is 37.5 Å². The van der Waals surface area contributed by atoms with E-state index in [1.807, 2.05) is 48.2 Å². The second kappa shape index (κ2) is 20.6. The van der Waals surface area contributed by atoms with E-state index < -0.39 is 40.6 Å². The fourth-order valence-corrected chi connectivity index (χ4v) is 10.0. The number of amides is 5. The summed E-state index contributed by atoms with van der Waals surface area (Å²) in [6.45, 7) is 8.05. The zero-order valence-corrected chi connectivity index (χ0v) is 39.0. The Kier molecular flexibility index (Phi) is 14.0. The van der Waals surface area contributed by atoms with Crippen molar-refractivity contribution in [3.05, 3.63) is 107 Å². The molecule has 0 saturated carbocycles. The van der Waals surface area contributed by atoms with Crippen LogP contribution in [0.5, 0.6) is 5.75 Å². The third kappa shape index (κ3) is 9.99. The van der Waals surface area contributed by atoms with E-state index in [4.69, 9.17) is 9.72 Å². The van der Waals surface area contributed by atoms with E-state index in [1.54, 1.807) is 21.8 Å². The van der Waals surface area contributed by atoms with Gasteiger partial charge in [0.2, 0.25) is 17.7 Å². The van der Waals surface area contributed by atoms with Gasteiger partial charge in [0.25, 0.3) is 11.8 Å². The van der Waals surface area contributed by atoms with E-state index in [-0.39, 0.29) is 37.0 Å². The van der Waals surface area contributed by atoms with Gasteiger partial charge in [0.15, 0.2) is 0 Å². The number of rotatable bonds is 16. The van der Waals surface area contributed by atoms with Crippen molar-refractivity contribution in [2.45, 2.75) is 76.4 Å². The number of carbonyl (C=O) groups excluding carboxylic acids is 5. The third-order valence-corrected chi connectivity index (χ3v) is 13.9. The minimum Gasteiger partial charge on any atom is -0.492 e. The largest absolute Gasteiger partial charge is 0.492 e. The molecular formula is C51H55F2N11O6. The van der Waals surface area contributed by atoms with Gasteiger partial charge in [-0.25, -0.2) is 18.3 Å². The van der Waals surface area contributed by atoms with Gasteiger partial charge in [-0.05, 0) is 99.7 Å². The maximum Gasteiger partial charge on any atom is 0.255 e. The number of benzene rings is 2. The van der Waals surface area contributed by atoms with Crippen LogP contribution in [0, 0.1) is 23.0 Å². The maximum atomic E-state index is 14.8. The molecule has 1 unspecified atom stereocenters. The quantitative estimate of drug-likeness (QED) is 0.0889. The Morgan fingerprint density at radius 1 is 0.914 bits per heavy atom. The van der Waals surface area contributed by atoms with Crippen molar-refractivity contribution in [1.82, 2.24) is 40.3 Å². The first-order chi connectivity index (χ1) is 33.9. The highest BCUT2D eigenvalue weighted by molar-refractivity contribution is 6.06. The number of hydrogen-bond acceptors (Lipinski definition) is 12. The molecule has 5 amide bonds. The topological polar surface area (TPSA) is 198 Å². The SMILES string of the molecule is CCOc1cc(-c2ccc(N3CCC(NC(=O)c4cc(F)ccc4F)(C(=O)NCCCCCCN4CCN(c5ccc6c(c5)C(=O)N(C5CCC(=O)NC5=O)C6)CC4)CC3)nc2)c2c(C#N)cnn2c1. The van der Waals surface area contributed by atoms with Crippen LogP contribution in [-0.2, 0) is 20.9 Å². The van der Waals surface area contributed by atoms with E-state index in [2.05, 4.69) is 36.9 Å². The number of anilines is 2. The lowest BCUT2D eigenvalue weighted by atomic mass is 9.85. The second-order valence-electron chi connectivity index (χ2n) is 18.3. The molecule has 19 heteroatoms. The molecule has 3 aromatic heterocycles. The van der Waals surface area contributed by atoms with Gasteiger partial charge in [0.1, 0.15) is 40.9 Å². The fraction of sp³-hybridized carbons (Fsp3) is 0.412. The predicted molar refractivity (Wildman–Crippen MR) is 255 cm³/mol. The molecule has 4 aliphatic rings. The lowest BCUT2D eigenvalue weighted by Gasteiger charge is -2.41. The van der Waals surface area contributed by atoms with Gasteiger partial charge in [-0.2, -0.15) is 10.4 Å². The fourth-order valence-electron chi connectivity index (χ4n) is 10.0. The molecule has 364 valence electrons. The first-order valence-electron chi connectivity index (χ1n) is 24.0. The van der Waals surface area contributed by atoms with Crippen LogP contribution >= 0.6 is 0 Å². The Labute approximate surface area is 403 Å². The smallest absolute Gasteiger partial charge is 0.255 e. The Hall–Kier alpha value is -7.46. The van der Waals surface area contributed by atoms with Crippen LogP contribution in [0.3, 0.4) is 0 Å². The summed E-state index contributed by atoms with van der Waals surface area (Å²) in [6.07, 6.45) is 9.40. The van der Waals surface area contributed by atoms with E-state index in [9.17, 15) is 38.0 Å². The standard InChI is InChI=1S/C51H55F2N11O6/c1-2-70-38-27-39(46-35(28-54)30-57-64(46)32-38)33-8-13-44(56-29-33)62-19-15-51(16-20-62,59-47(66)41-25-36(52)9-11-42(41)53)50(69)55-17-5-3-4-6-18-60-21-23-61(24-22-60)37-10-7-34-31-63(49(68)40(34)26-37)43-12-14-45(65)58-48(43)67/h7-11,13,25-27,29-30,32,43H,2-6,12,14-24,31H2,1H3,(H,55,69)(H,59,66)(H,58,65,67). The summed E-state index contributed by atoms with van der Waals surface area (Å²) in [5.41, 5.74) is 3.12. The monoisotopic (exact) mass is 955 g/mol. The number of carbonyl (C=O) groups is 5. The molecule has 5 aromatic rings. The minimum absolute atomic E-state index is 0.178. The van der Waals surface area contributed by atoms with Gasteiger partial charge in [-0.3, -0.25) is 34.2 Å². The van der Waals surface area contributed by atoms with Crippen molar-refractivity contribution in [3.8, 4) is 22.9 Å². The molecule has 0 bridgehead atoms. The molecule has 1 atom stereocenters. The van der Waals surface area contributed by atoms with Gasteiger partial charge in [0.05, 0.1) is 35.6 Å². The summed E-state index contributed by atoms with van der Waals surface area (Å²) in [5.74, 6) is -2.58. The molecule has 7 heterocycles. The average molecular weight is 956 g/mol. The molecule has 9 rings (SSSR count). The van der Waals surface area contributed by atoms with Crippen molar-refractivity contribution in [2.75, 3.05) is 68.8 Å². The van der Waals surface area contributed by atoms with Crippen molar-refractivity contribution in [1.29, 1.82) is 5.26 Å². The highest BCUT2D eigenvalue weighted by atomic mass is 19.1. The zero-order valence-electron chi connectivity index (χ0n) is 39.0. The number of nitriles is 1. The highest BCUT2D eigenvalue weighted by Crippen LogP contribution is 2.34. The van der Waals surface area contributed by atoms with Crippen LogP contribution in [0.1, 0.15) is 90.1 Å². The maximum absolute atomic E-state index is 14.8. The molecule has 4 aliphatic heterocycles. The van der Waals surface area contributed by atoms with Crippen LogP contribution in [-0.4, -0.2) is 124 Å². The number of hydrogen-bond donors (Lipinski definition) is 3. The van der Waals surface area contributed by atoms with Crippen molar-refractivity contribution in [3.63, 3.8) is 0 Å². The summed E-state index contributed by atoms with van der Waals surface area (Å²) in [4.78, 5) is 78.1. The summed E-state index contributed by atoms with van der Waals surface area (Å²) in [6, 6.07) is 15.8. The number of nitrogens with zero attached hydrogens (tertiary/aromatic N) is 8. The van der Waals surface area contributed by atoms with Gasteiger partial charge in [0, 0.05) is 87.4 Å². The van der Waals surface area contributed by atoms with E-state index >= 15 is 0 Å². The zero-order chi connectivity index (χ0) is 48.9. The Morgan fingerprint density at radius 2 is 1.71 bits per heavy atom. The first kappa shape index (κ1) is 47.6. The van der Waals surface area contributed by atoms with E-state index in [0.29, 0.717) is 67.4 Å². The summed E-state index contributed by atoms with van der Waals surface area (Å²) < 4.78 is 36.3. The molecule has 0 radical (unpaired) electrons. The third-order valence-electron chi connectivity index (χ3n) is 13.9. The first-order valence-corrected chi connectivity index (χ1v) is 24.0. The Bertz CT molecular complexity index is 2850. The molecule has 3 N–H and O–H groups in total. The number of fused-ring (bicyclic) bond motifs is 2. The van der Waals surface area contributed by atoms with Crippen LogP contribution < -0.4 is 30.5 Å². The number of piperazine rings is 1. The number of pyridine rings is 2. The van der Waals surface area contributed by atoms with Gasteiger partial charge in [-0.1, -0.05) is 18.9 Å². The van der Waals surface area contributed by atoms with Crippen LogP contribution in [0.4, 0.5) is 20.3 Å². The molecular weight excluding hydrogens is 901 g/mol. The van der Waals surface area contributed by atoms with Crippen LogP contribution in [0.2, 0.25) is 0 Å². The summed E-state index contributed by atoms with van der Waals surface area (Å²) in [5, 5.41) is 22.3. The van der Waals surface area contributed by atoms with Gasteiger partial charge >= 0.3 is 0 Å². The molecule has 3 saturated heterocycles. The molecule has 0 spiro atoms. The Morgan fingerprint density at radius 3 is 2.46 bits per heavy atom. The van der Waals surface area contributed by atoms with Gasteiger partial charge < -0.3 is 30.1 Å². The molecule has 2 aromatic carbocycles. The van der Waals surface area contributed by atoms with Crippen LogP contribution in [0.15, 0.2) is 73.2 Å². The second-order valence-corrected chi connectivity index (χ2v) is 18.3. The number of nitrogens with one attached hydrogen (secondary N) is 3. The summed E-state index contributed by atoms with van der Waals surface area (Å²) in [7, 11) is 0. The van der Waals surface area contributed by atoms with Crippen molar-refractivity contribution >= 4 is 46.6 Å². The van der Waals surface area contributed by atoms with Crippen LogP contribution in [0.25, 0.3) is 16.6 Å². The lowest BCUT2D eigenvalue weighted by Crippen LogP contribution is -2.63. The van der Waals surface area contributed by atoms with E-state index in [0.717, 1.165) is 99.0 Å². The lowest BCUT2D eigenvalue weighted by molar-refractivity contribution is -0.137. The molecule has 70 heavy (non-hydrogen) atoms. The molecule has 0 aliphatic carbocycles. The average Bonchev–Trinajstić information content (AvgIpc) is 3.94. The number of ether oxygens (including phenoxy) is 1. The minimum atomic E-state index is -1.39. The highest BCUT2D eigenvalue weighted by Gasteiger charge is 2.44. The van der Waals surface area contributed by atoms with E-state index in [1.165, 1.54) is 6.20 Å². The number of piperidine rings is 2. The van der Waals surface area contributed by atoms with Crippen molar-refractivity contribution in [2.24, 2.45) is 0 Å². The summed E-state index contributed by atoms with van der Waals surface area (Å²) >= 11 is 0.